The SMILES string of the molecule is COc1ccc(C#N)cc1N1C[C@H](C#N)N(c2cncc3ccccc23)C1=O. The molecule has 0 aliphatic carbocycles. The quantitative estimate of drug-likeness (QED) is 0.705. The first-order chi connectivity index (χ1) is 13.7. The van der Waals surface area contributed by atoms with Crippen LogP contribution in [0.5, 0.6) is 5.75 Å². The van der Waals surface area contributed by atoms with Crippen LogP contribution in [-0.2, 0) is 0 Å². The number of aromatic nitrogens is 1. The van der Waals surface area contributed by atoms with Gasteiger partial charge in [0.2, 0.25) is 0 Å². The fraction of sp³-hybridized carbons (Fsp3) is 0.143. The molecule has 0 spiro atoms. The third-order valence-electron chi connectivity index (χ3n) is 4.76. The average molecular weight is 369 g/mol. The van der Waals surface area contributed by atoms with Crippen LogP contribution in [0.1, 0.15) is 5.56 Å². The van der Waals surface area contributed by atoms with Crippen molar-refractivity contribution >= 4 is 28.2 Å². The smallest absolute Gasteiger partial charge is 0.330 e. The fourth-order valence-corrected chi connectivity index (χ4v) is 3.43. The summed E-state index contributed by atoms with van der Waals surface area (Å²) in [5.74, 6) is 0.460. The highest BCUT2D eigenvalue weighted by Gasteiger charge is 2.41. The molecule has 2 amide bonds. The third kappa shape index (κ3) is 2.67. The number of fused-ring (bicyclic) bond motifs is 1. The molecule has 4 rings (SSSR count). The molecular weight excluding hydrogens is 354 g/mol. The van der Waals surface area contributed by atoms with Gasteiger partial charge in [0.05, 0.1) is 48.9 Å². The molecule has 1 aliphatic heterocycles. The Bertz CT molecular complexity index is 1160. The van der Waals surface area contributed by atoms with E-state index < -0.39 is 6.04 Å². The van der Waals surface area contributed by atoms with Crippen molar-refractivity contribution in [1.29, 1.82) is 10.5 Å². The van der Waals surface area contributed by atoms with Crippen molar-refractivity contribution in [2.45, 2.75) is 6.04 Å². The van der Waals surface area contributed by atoms with Crippen molar-refractivity contribution in [3.8, 4) is 17.9 Å². The molecule has 28 heavy (non-hydrogen) atoms. The Labute approximate surface area is 161 Å². The topological polar surface area (TPSA) is 93.2 Å². The number of methoxy groups -OCH3 is 1. The summed E-state index contributed by atoms with van der Waals surface area (Å²) in [6, 6.07) is 15.6. The van der Waals surface area contributed by atoms with Gasteiger partial charge in [-0.05, 0) is 18.2 Å². The number of hydrogen-bond acceptors (Lipinski definition) is 5. The van der Waals surface area contributed by atoms with E-state index in [1.807, 2.05) is 24.3 Å². The number of nitriles is 2. The second kappa shape index (κ2) is 6.90. The van der Waals surface area contributed by atoms with E-state index in [1.54, 1.807) is 30.6 Å². The highest BCUT2D eigenvalue weighted by atomic mass is 16.5. The maximum Gasteiger partial charge on any atom is 0.330 e. The zero-order valence-electron chi connectivity index (χ0n) is 15.0. The minimum atomic E-state index is -0.699. The number of rotatable bonds is 3. The molecule has 2 aromatic carbocycles. The van der Waals surface area contributed by atoms with Crippen LogP contribution in [0.25, 0.3) is 10.8 Å². The van der Waals surface area contributed by atoms with Gasteiger partial charge >= 0.3 is 6.03 Å². The van der Waals surface area contributed by atoms with E-state index in [9.17, 15) is 15.3 Å². The van der Waals surface area contributed by atoms with E-state index in [2.05, 4.69) is 17.1 Å². The van der Waals surface area contributed by atoms with Crippen LogP contribution in [-0.4, -0.2) is 30.7 Å². The van der Waals surface area contributed by atoms with E-state index in [4.69, 9.17) is 4.74 Å². The minimum absolute atomic E-state index is 0.157. The number of hydrogen-bond donors (Lipinski definition) is 0. The minimum Gasteiger partial charge on any atom is -0.495 e. The summed E-state index contributed by atoms with van der Waals surface area (Å²) < 4.78 is 5.37. The van der Waals surface area contributed by atoms with E-state index >= 15 is 0 Å². The van der Waals surface area contributed by atoms with Gasteiger partial charge in [-0.3, -0.25) is 14.8 Å². The molecule has 1 atom stereocenters. The summed E-state index contributed by atoms with van der Waals surface area (Å²) in [6.07, 6.45) is 3.31. The van der Waals surface area contributed by atoms with Gasteiger partial charge in [0.15, 0.2) is 0 Å². The zero-order valence-corrected chi connectivity index (χ0v) is 15.0. The number of carbonyl (C=O) groups excluding carboxylic acids is 1. The Morgan fingerprint density at radius 2 is 1.96 bits per heavy atom. The van der Waals surface area contributed by atoms with Crippen molar-refractivity contribution in [3.05, 3.63) is 60.4 Å². The highest BCUT2D eigenvalue weighted by Crippen LogP contribution is 2.37. The van der Waals surface area contributed by atoms with Crippen LogP contribution >= 0.6 is 0 Å². The number of nitrogens with zero attached hydrogens (tertiary/aromatic N) is 5. The van der Waals surface area contributed by atoms with Crippen molar-refractivity contribution in [3.63, 3.8) is 0 Å². The van der Waals surface area contributed by atoms with Crippen LogP contribution in [0.3, 0.4) is 0 Å². The van der Waals surface area contributed by atoms with Crippen molar-refractivity contribution < 1.29 is 9.53 Å². The second-order valence-corrected chi connectivity index (χ2v) is 6.29. The molecule has 1 aliphatic rings. The molecule has 3 aromatic rings. The molecule has 7 heteroatoms. The molecule has 7 nitrogen and oxygen atoms in total. The molecule has 2 heterocycles. The van der Waals surface area contributed by atoms with Gasteiger partial charge in [-0.15, -0.1) is 0 Å². The van der Waals surface area contributed by atoms with Gasteiger partial charge in [0, 0.05) is 17.0 Å². The molecule has 0 radical (unpaired) electrons. The summed E-state index contributed by atoms with van der Waals surface area (Å²) in [5, 5.41) is 20.6. The summed E-state index contributed by atoms with van der Waals surface area (Å²) in [4.78, 5) is 20.5. The number of ether oxygens (including phenoxy) is 1. The Balaban J connectivity index is 1.83. The zero-order chi connectivity index (χ0) is 19.7. The highest BCUT2D eigenvalue weighted by molar-refractivity contribution is 6.12. The number of amides is 2. The predicted octanol–water partition coefficient (Wildman–Crippen LogP) is 3.45. The summed E-state index contributed by atoms with van der Waals surface area (Å²) in [5.41, 5.74) is 1.44. The third-order valence-corrected chi connectivity index (χ3v) is 4.76. The first kappa shape index (κ1) is 17.3. The predicted molar refractivity (Wildman–Crippen MR) is 104 cm³/mol. The molecule has 136 valence electrons. The average Bonchev–Trinajstić information content (AvgIpc) is 3.08. The monoisotopic (exact) mass is 369 g/mol. The molecular formula is C21H15N5O2. The van der Waals surface area contributed by atoms with Gasteiger partial charge < -0.3 is 4.74 Å². The van der Waals surface area contributed by atoms with Crippen molar-refractivity contribution in [1.82, 2.24) is 4.98 Å². The van der Waals surface area contributed by atoms with Crippen LogP contribution in [0.15, 0.2) is 54.9 Å². The lowest BCUT2D eigenvalue weighted by molar-refractivity contribution is 0.255. The fourth-order valence-electron chi connectivity index (χ4n) is 3.43. The molecule has 0 unspecified atom stereocenters. The van der Waals surface area contributed by atoms with Crippen molar-refractivity contribution in [2.75, 3.05) is 23.5 Å². The number of anilines is 2. The lowest BCUT2D eigenvalue weighted by Gasteiger charge is -2.22. The second-order valence-electron chi connectivity index (χ2n) is 6.29. The van der Waals surface area contributed by atoms with Gasteiger partial charge in [-0.1, -0.05) is 24.3 Å². The van der Waals surface area contributed by atoms with Crippen LogP contribution < -0.4 is 14.5 Å². The summed E-state index contributed by atoms with van der Waals surface area (Å²) >= 11 is 0. The Kier molecular flexibility index (Phi) is 4.27. The molecule has 1 saturated heterocycles. The van der Waals surface area contributed by atoms with Crippen LogP contribution in [0.4, 0.5) is 16.2 Å². The number of benzene rings is 2. The first-order valence-electron chi connectivity index (χ1n) is 8.59. The van der Waals surface area contributed by atoms with E-state index in [0.29, 0.717) is 22.7 Å². The van der Waals surface area contributed by atoms with Gasteiger partial charge in [0.1, 0.15) is 11.8 Å². The van der Waals surface area contributed by atoms with Gasteiger partial charge in [-0.2, -0.15) is 10.5 Å². The molecule has 0 bridgehead atoms. The molecule has 1 fully saturated rings. The number of carbonyl (C=O) groups is 1. The Hall–Kier alpha value is -4.10. The van der Waals surface area contributed by atoms with Crippen LogP contribution in [0, 0.1) is 22.7 Å². The standard InChI is InChI=1S/C21H15N5O2/c1-28-20-7-6-14(9-22)8-18(20)25-13-16(10-23)26(21(25)27)19-12-24-11-15-4-2-3-5-17(15)19/h2-8,11-12,16H,13H2,1H3/t16-/m0/s1. The number of pyridine rings is 1. The molecule has 1 aromatic heterocycles. The normalized spacial score (nSPS) is 16.1. The largest absolute Gasteiger partial charge is 0.495 e. The van der Waals surface area contributed by atoms with E-state index in [1.165, 1.54) is 16.9 Å². The van der Waals surface area contributed by atoms with E-state index in [-0.39, 0.29) is 12.6 Å². The first-order valence-corrected chi connectivity index (χ1v) is 8.59. The molecule has 0 saturated carbocycles. The maximum atomic E-state index is 13.3. The Morgan fingerprint density at radius 1 is 1.14 bits per heavy atom. The molecule has 0 N–H and O–H groups in total. The van der Waals surface area contributed by atoms with Crippen molar-refractivity contribution in [2.24, 2.45) is 0 Å². The lowest BCUT2D eigenvalue weighted by atomic mass is 10.1. The van der Waals surface area contributed by atoms with Crippen LogP contribution in [0.2, 0.25) is 0 Å². The summed E-state index contributed by atoms with van der Waals surface area (Å²) in [7, 11) is 1.50. The van der Waals surface area contributed by atoms with E-state index in [0.717, 1.165) is 10.8 Å². The lowest BCUT2D eigenvalue weighted by Crippen LogP contribution is -2.34. The maximum absolute atomic E-state index is 13.3. The van der Waals surface area contributed by atoms with Gasteiger partial charge in [-0.25, -0.2) is 4.79 Å². The van der Waals surface area contributed by atoms with Gasteiger partial charge in [0.25, 0.3) is 0 Å². The number of urea groups is 1. The summed E-state index contributed by atoms with van der Waals surface area (Å²) in [6.45, 7) is 0.157. The Morgan fingerprint density at radius 3 is 2.71 bits per heavy atom.